The van der Waals surface area contributed by atoms with E-state index >= 15 is 0 Å². The Morgan fingerprint density at radius 3 is 2.95 bits per heavy atom. The van der Waals surface area contributed by atoms with E-state index < -0.39 is 0 Å². The minimum atomic E-state index is -0.0715. The van der Waals surface area contributed by atoms with Gasteiger partial charge in [-0.3, -0.25) is 14.6 Å². The van der Waals surface area contributed by atoms with E-state index in [0.29, 0.717) is 12.1 Å². The quantitative estimate of drug-likeness (QED) is 0.796. The molecule has 0 bridgehead atoms. The van der Waals surface area contributed by atoms with Gasteiger partial charge in [0.05, 0.1) is 5.56 Å². The van der Waals surface area contributed by atoms with Gasteiger partial charge in [0.25, 0.3) is 5.91 Å². The second-order valence-corrected chi connectivity index (χ2v) is 4.83. The van der Waals surface area contributed by atoms with Crippen molar-refractivity contribution in [2.75, 3.05) is 20.1 Å². The third-order valence-electron chi connectivity index (χ3n) is 3.56. The number of carbonyl (C=O) groups is 2. The molecule has 1 unspecified atom stereocenters. The Hall–Kier alpha value is -1.91. The molecule has 1 aliphatic heterocycles. The maximum Gasteiger partial charge on any atom is 0.254 e. The minimum Gasteiger partial charge on any atom is -0.341 e. The number of hydrogen-bond acceptors (Lipinski definition) is 3. The Morgan fingerprint density at radius 1 is 1.53 bits per heavy atom. The zero-order valence-electron chi connectivity index (χ0n) is 11.3. The topological polar surface area (TPSA) is 53.5 Å². The number of nitrogens with zero attached hydrogens (tertiary/aromatic N) is 3. The molecule has 1 saturated heterocycles. The zero-order valence-corrected chi connectivity index (χ0v) is 11.3. The van der Waals surface area contributed by atoms with Gasteiger partial charge in [-0.15, -0.1) is 0 Å². The highest BCUT2D eigenvalue weighted by atomic mass is 16.2. The molecule has 1 aromatic rings. The van der Waals surface area contributed by atoms with E-state index in [1.54, 1.807) is 36.0 Å². The number of aromatic nitrogens is 1. The van der Waals surface area contributed by atoms with Crippen LogP contribution in [-0.4, -0.2) is 52.8 Å². The number of likely N-dealkylation sites (tertiary alicyclic amines) is 1. The van der Waals surface area contributed by atoms with Crippen molar-refractivity contribution in [2.24, 2.45) is 0 Å². The molecule has 0 spiro atoms. The minimum absolute atomic E-state index is 0.0704. The number of likely N-dealkylation sites (N-methyl/N-ethyl adjacent to an activating group) is 1. The first kappa shape index (κ1) is 13.5. The zero-order chi connectivity index (χ0) is 13.8. The number of piperidine rings is 1. The molecule has 1 aromatic heterocycles. The first-order chi connectivity index (χ1) is 9.09. The second-order valence-electron chi connectivity index (χ2n) is 4.83. The van der Waals surface area contributed by atoms with Gasteiger partial charge in [0.15, 0.2) is 0 Å². The van der Waals surface area contributed by atoms with Gasteiger partial charge in [0.1, 0.15) is 0 Å². The van der Waals surface area contributed by atoms with E-state index in [9.17, 15) is 9.59 Å². The van der Waals surface area contributed by atoms with E-state index in [1.165, 1.54) is 6.20 Å². The fourth-order valence-corrected chi connectivity index (χ4v) is 2.36. The van der Waals surface area contributed by atoms with Crippen LogP contribution in [0.1, 0.15) is 30.1 Å². The first-order valence-electron chi connectivity index (χ1n) is 6.44. The molecule has 5 nitrogen and oxygen atoms in total. The van der Waals surface area contributed by atoms with E-state index in [1.807, 2.05) is 0 Å². The molecule has 101 valence electrons. The van der Waals surface area contributed by atoms with E-state index in [0.717, 1.165) is 19.4 Å². The lowest BCUT2D eigenvalue weighted by Crippen LogP contribution is -2.49. The molecule has 0 N–H and O–H groups in total. The highest BCUT2D eigenvalue weighted by molar-refractivity contribution is 5.93. The van der Waals surface area contributed by atoms with Crippen molar-refractivity contribution in [1.29, 1.82) is 0 Å². The van der Waals surface area contributed by atoms with Crippen LogP contribution in [0.5, 0.6) is 0 Å². The lowest BCUT2D eigenvalue weighted by molar-refractivity contribution is -0.130. The Kier molecular flexibility index (Phi) is 4.14. The summed E-state index contributed by atoms with van der Waals surface area (Å²) in [5.74, 6) is -0.00109. The third-order valence-corrected chi connectivity index (χ3v) is 3.56. The van der Waals surface area contributed by atoms with Crippen molar-refractivity contribution in [2.45, 2.75) is 25.8 Å². The van der Waals surface area contributed by atoms with Gasteiger partial charge in [-0.25, -0.2) is 0 Å². The summed E-state index contributed by atoms with van der Waals surface area (Å²) in [6.45, 7) is 2.97. The SMILES string of the molecule is CC(=O)N1CCCC(N(C)C(=O)c2[c]cncc2)C1. The van der Waals surface area contributed by atoms with Crippen LogP contribution in [0.25, 0.3) is 0 Å². The Labute approximate surface area is 113 Å². The Bertz CT molecular complexity index is 461. The molecule has 1 radical (unpaired) electrons. The molecule has 2 heterocycles. The summed E-state index contributed by atoms with van der Waals surface area (Å²) in [5.41, 5.74) is 0.512. The van der Waals surface area contributed by atoms with Gasteiger partial charge in [-0.05, 0) is 18.9 Å². The molecule has 1 fully saturated rings. The van der Waals surface area contributed by atoms with Crippen LogP contribution in [0.3, 0.4) is 0 Å². The van der Waals surface area contributed by atoms with Crippen molar-refractivity contribution < 1.29 is 9.59 Å². The highest BCUT2D eigenvalue weighted by Crippen LogP contribution is 2.16. The van der Waals surface area contributed by atoms with Gasteiger partial charge < -0.3 is 9.80 Å². The maximum absolute atomic E-state index is 12.3. The van der Waals surface area contributed by atoms with Crippen LogP contribution >= 0.6 is 0 Å². The number of amides is 2. The number of pyridine rings is 1. The molecular weight excluding hydrogens is 242 g/mol. The molecule has 19 heavy (non-hydrogen) atoms. The fourth-order valence-electron chi connectivity index (χ4n) is 2.36. The van der Waals surface area contributed by atoms with Crippen molar-refractivity contribution in [3.8, 4) is 0 Å². The van der Waals surface area contributed by atoms with Crippen LogP contribution < -0.4 is 0 Å². The van der Waals surface area contributed by atoms with Crippen molar-refractivity contribution in [3.63, 3.8) is 0 Å². The third kappa shape index (κ3) is 3.10. The smallest absolute Gasteiger partial charge is 0.254 e. The summed E-state index contributed by atoms with van der Waals surface area (Å²) in [6, 6.07) is 4.57. The molecule has 1 atom stereocenters. The Morgan fingerprint density at radius 2 is 2.32 bits per heavy atom. The Balaban J connectivity index is 2.05. The van der Waals surface area contributed by atoms with Crippen LogP contribution in [0.15, 0.2) is 18.5 Å². The van der Waals surface area contributed by atoms with Crippen LogP contribution in [0, 0.1) is 6.07 Å². The first-order valence-corrected chi connectivity index (χ1v) is 6.44. The molecule has 0 aromatic carbocycles. The van der Waals surface area contributed by atoms with E-state index in [-0.39, 0.29) is 17.9 Å². The summed E-state index contributed by atoms with van der Waals surface area (Å²) >= 11 is 0. The summed E-state index contributed by atoms with van der Waals surface area (Å²) in [6.07, 6.45) is 4.93. The van der Waals surface area contributed by atoms with Gasteiger partial charge >= 0.3 is 0 Å². The maximum atomic E-state index is 12.3. The molecule has 2 amide bonds. The summed E-state index contributed by atoms with van der Waals surface area (Å²) in [5, 5.41) is 0. The standard InChI is InChI=1S/C14H18N3O2/c1-11(18)17-9-3-4-13(10-17)16(2)14(19)12-5-7-15-8-6-12/h5,7-8,13H,3-4,9-10H2,1-2H3. The average molecular weight is 260 g/mol. The van der Waals surface area contributed by atoms with E-state index in [4.69, 9.17) is 0 Å². The average Bonchev–Trinajstić information content (AvgIpc) is 2.46. The molecule has 1 aliphatic rings. The monoisotopic (exact) mass is 260 g/mol. The van der Waals surface area contributed by atoms with Gasteiger partial charge in [-0.1, -0.05) is 0 Å². The van der Waals surface area contributed by atoms with Gasteiger partial charge in [0.2, 0.25) is 5.91 Å². The predicted molar refractivity (Wildman–Crippen MR) is 70.4 cm³/mol. The van der Waals surface area contributed by atoms with Crippen molar-refractivity contribution in [3.05, 3.63) is 30.1 Å². The summed E-state index contributed by atoms with van der Waals surface area (Å²) < 4.78 is 0. The van der Waals surface area contributed by atoms with Gasteiger partial charge in [-0.2, -0.15) is 0 Å². The largest absolute Gasteiger partial charge is 0.341 e. The van der Waals surface area contributed by atoms with Crippen molar-refractivity contribution >= 4 is 11.8 Å². The molecule has 0 aliphatic carbocycles. The summed E-state index contributed by atoms with van der Waals surface area (Å²) in [7, 11) is 1.78. The van der Waals surface area contributed by atoms with Crippen LogP contribution in [-0.2, 0) is 4.79 Å². The van der Waals surface area contributed by atoms with Crippen molar-refractivity contribution in [1.82, 2.24) is 14.8 Å². The second kappa shape index (κ2) is 5.82. The molecule has 0 saturated carbocycles. The number of hydrogen-bond donors (Lipinski definition) is 0. The molecular formula is C14H18N3O2. The van der Waals surface area contributed by atoms with E-state index in [2.05, 4.69) is 11.1 Å². The summed E-state index contributed by atoms with van der Waals surface area (Å²) in [4.78, 5) is 31.1. The molecule has 2 rings (SSSR count). The lowest BCUT2D eigenvalue weighted by atomic mass is 10.0. The fraction of sp³-hybridized carbons (Fsp3) is 0.500. The predicted octanol–water partition coefficient (Wildman–Crippen LogP) is 0.965. The molecule has 5 heteroatoms. The normalized spacial score (nSPS) is 19.1. The lowest BCUT2D eigenvalue weighted by Gasteiger charge is -2.37. The number of carbonyl (C=O) groups excluding carboxylic acids is 2. The van der Waals surface area contributed by atoms with Crippen LogP contribution in [0.4, 0.5) is 0 Å². The highest BCUT2D eigenvalue weighted by Gasteiger charge is 2.27. The van der Waals surface area contributed by atoms with Gasteiger partial charge in [0, 0.05) is 51.6 Å². The van der Waals surface area contributed by atoms with Crippen LogP contribution in [0.2, 0.25) is 0 Å². The number of rotatable bonds is 2.